The molecule has 0 atom stereocenters. The van der Waals surface area contributed by atoms with Gasteiger partial charge in [0.2, 0.25) is 10.0 Å². The number of amides is 1. The Hall–Kier alpha value is -2.22. The van der Waals surface area contributed by atoms with Crippen LogP contribution >= 0.6 is 0 Å². The molecule has 4 rings (SSSR count). The smallest absolute Gasteiger partial charge is 0.251 e. The quantitative estimate of drug-likeness (QED) is 0.768. The number of carbonyl (C=O) groups excluding carboxylic acids is 1. The van der Waals surface area contributed by atoms with E-state index in [1.807, 2.05) is 18.2 Å². The molecule has 2 aliphatic rings. The first kappa shape index (κ1) is 21.0. The van der Waals surface area contributed by atoms with Crippen LogP contribution in [-0.2, 0) is 20.2 Å². The van der Waals surface area contributed by atoms with E-state index < -0.39 is 10.0 Å². The Morgan fingerprint density at radius 2 is 1.70 bits per heavy atom. The van der Waals surface area contributed by atoms with Gasteiger partial charge in [0.25, 0.3) is 5.91 Å². The molecule has 7 heteroatoms. The number of nitrogens with zero attached hydrogens (tertiary/aromatic N) is 1. The lowest BCUT2D eigenvalue weighted by atomic mass is 9.79. The van der Waals surface area contributed by atoms with E-state index in [1.54, 1.807) is 18.2 Å². The average molecular weight is 429 g/mol. The van der Waals surface area contributed by atoms with Crippen molar-refractivity contribution >= 4 is 15.9 Å². The third-order valence-electron chi connectivity index (χ3n) is 6.24. The van der Waals surface area contributed by atoms with Crippen molar-refractivity contribution in [3.8, 4) is 0 Å². The third kappa shape index (κ3) is 4.29. The fourth-order valence-electron chi connectivity index (χ4n) is 4.50. The van der Waals surface area contributed by atoms with Crippen LogP contribution in [0.4, 0.5) is 0 Å². The van der Waals surface area contributed by atoms with Gasteiger partial charge in [-0.15, -0.1) is 0 Å². The number of sulfonamides is 1. The summed E-state index contributed by atoms with van der Waals surface area (Å²) in [5.41, 5.74) is 1.57. The molecule has 0 spiro atoms. The third-order valence-corrected chi connectivity index (χ3v) is 8.13. The zero-order valence-corrected chi connectivity index (χ0v) is 17.9. The highest BCUT2D eigenvalue weighted by Crippen LogP contribution is 2.40. The Labute approximate surface area is 178 Å². The van der Waals surface area contributed by atoms with Crippen LogP contribution in [0.1, 0.15) is 41.6 Å². The van der Waals surface area contributed by atoms with Gasteiger partial charge in [0.1, 0.15) is 0 Å². The molecule has 0 bridgehead atoms. The number of ether oxygens (including phenoxy) is 1. The summed E-state index contributed by atoms with van der Waals surface area (Å²) >= 11 is 0. The molecule has 30 heavy (non-hydrogen) atoms. The van der Waals surface area contributed by atoms with Gasteiger partial charge in [-0.3, -0.25) is 4.79 Å². The maximum absolute atomic E-state index is 12.9. The first-order chi connectivity index (χ1) is 14.5. The fraction of sp³-hybridized carbons (Fsp3) is 0.435. The van der Waals surface area contributed by atoms with Gasteiger partial charge in [0, 0.05) is 30.6 Å². The van der Waals surface area contributed by atoms with Crippen LogP contribution in [0, 0.1) is 0 Å². The number of morpholine rings is 1. The minimum Gasteiger partial charge on any atom is -0.379 e. The van der Waals surface area contributed by atoms with Gasteiger partial charge >= 0.3 is 0 Å². The highest BCUT2D eigenvalue weighted by Gasteiger charge is 2.36. The van der Waals surface area contributed by atoms with Crippen molar-refractivity contribution in [3.05, 3.63) is 65.7 Å². The minimum absolute atomic E-state index is 0.0472. The molecule has 1 saturated carbocycles. The maximum atomic E-state index is 12.9. The van der Waals surface area contributed by atoms with E-state index in [1.165, 1.54) is 15.9 Å². The zero-order chi connectivity index (χ0) is 21.0. The zero-order valence-electron chi connectivity index (χ0n) is 17.0. The maximum Gasteiger partial charge on any atom is 0.251 e. The van der Waals surface area contributed by atoms with Gasteiger partial charge < -0.3 is 10.1 Å². The van der Waals surface area contributed by atoms with Gasteiger partial charge in [0.15, 0.2) is 0 Å². The van der Waals surface area contributed by atoms with Crippen molar-refractivity contribution in [2.24, 2.45) is 0 Å². The fourth-order valence-corrected chi connectivity index (χ4v) is 5.95. The molecule has 1 heterocycles. The van der Waals surface area contributed by atoms with Crippen molar-refractivity contribution in [1.29, 1.82) is 0 Å². The van der Waals surface area contributed by atoms with Crippen LogP contribution in [0.15, 0.2) is 59.5 Å². The molecule has 1 saturated heterocycles. The van der Waals surface area contributed by atoms with Crippen molar-refractivity contribution in [2.75, 3.05) is 32.8 Å². The van der Waals surface area contributed by atoms with Crippen LogP contribution in [0.3, 0.4) is 0 Å². The molecule has 1 aliphatic heterocycles. The van der Waals surface area contributed by atoms with E-state index in [0.29, 0.717) is 38.4 Å². The van der Waals surface area contributed by atoms with Gasteiger partial charge in [-0.25, -0.2) is 8.42 Å². The van der Waals surface area contributed by atoms with Crippen molar-refractivity contribution in [3.63, 3.8) is 0 Å². The molecule has 1 aliphatic carbocycles. The standard InChI is InChI=1S/C23H28N2O4S/c26-22(24-18-23(11-4-5-12-23)20-8-2-1-3-9-20)19-7-6-10-21(17-19)30(27,28)25-13-15-29-16-14-25/h1-3,6-10,17H,4-5,11-16,18H2,(H,24,26). The number of nitrogens with one attached hydrogen (secondary N) is 1. The average Bonchev–Trinajstić information content (AvgIpc) is 3.29. The number of benzene rings is 2. The number of carbonyl (C=O) groups is 1. The predicted molar refractivity (Wildman–Crippen MR) is 115 cm³/mol. The molecule has 0 aromatic heterocycles. The van der Waals surface area contributed by atoms with Crippen LogP contribution in [0.25, 0.3) is 0 Å². The van der Waals surface area contributed by atoms with Crippen molar-refractivity contribution in [2.45, 2.75) is 36.0 Å². The largest absolute Gasteiger partial charge is 0.379 e. The van der Waals surface area contributed by atoms with Crippen LogP contribution < -0.4 is 5.32 Å². The Morgan fingerprint density at radius 3 is 2.40 bits per heavy atom. The summed E-state index contributed by atoms with van der Waals surface area (Å²) in [6.07, 6.45) is 4.39. The second-order valence-electron chi connectivity index (χ2n) is 8.08. The summed E-state index contributed by atoms with van der Waals surface area (Å²) < 4.78 is 32.5. The summed E-state index contributed by atoms with van der Waals surface area (Å²) in [6, 6.07) is 16.7. The molecule has 2 fully saturated rings. The number of rotatable bonds is 6. The summed E-state index contributed by atoms with van der Waals surface area (Å²) in [5, 5.41) is 3.07. The molecule has 1 amide bonds. The van der Waals surface area contributed by atoms with E-state index in [9.17, 15) is 13.2 Å². The molecule has 1 N–H and O–H groups in total. The first-order valence-electron chi connectivity index (χ1n) is 10.5. The summed E-state index contributed by atoms with van der Waals surface area (Å²) in [4.78, 5) is 13.0. The van der Waals surface area contributed by atoms with Gasteiger partial charge in [0.05, 0.1) is 18.1 Å². The van der Waals surface area contributed by atoms with Crippen LogP contribution in [0.5, 0.6) is 0 Å². The molecule has 6 nitrogen and oxygen atoms in total. The Kier molecular flexibility index (Phi) is 6.22. The van der Waals surface area contributed by atoms with Crippen molar-refractivity contribution in [1.82, 2.24) is 9.62 Å². The lowest BCUT2D eigenvalue weighted by molar-refractivity contribution is 0.0730. The number of hydrogen-bond donors (Lipinski definition) is 1. The van der Waals surface area contributed by atoms with E-state index in [0.717, 1.165) is 25.7 Å². The van der Waals surface area contributed by atoms with E-state index >= 15 is 0 Å². The normalized spacial score (nSPS) is 19.5. The van der Waals surface area contributed by atoms with E-state index in [-0.39, 0.29) is 16.2 Å². The van der Waals surface area contributed by atoms with Crippen LogP contribution in [0.2, 0.25) is 0 Å². The van der Waals surface area contributed by atoms with Crippen LogP contribution in [-0.4, -0.2) is 51.5 Å². The summed E-state index contributed by atoms with van der Waals surface area (Å²) in [6.45, 7) is 1.99. The molecule has 0 radical (unpaired) electrons. The second kappa shape index (κ2) is 8.88. The Bertz CT molecular complexity index is 979. The number of hydrogen-bond acceptors (Lipinski definition) is 4. The Morgan fingerprint density at radius 1 is 1.00 bits per heavy atom. The van der Waals surface area contributed by atoms with Gasteiger partial charge in [-0.1, -0.05) is 49.2 Å². The topological polar surface area (TPSA) is 75.7 Å². The molecular formula is C23H28N2O4S. The van der Waals surface area contributed by atoms with Gasteiger partial charge in [-0.05, 0) is 36.6 Å². The van der Waals surface area contributed by atoms with Gasteiger partial charge in [-0.2, -0.15) is 4.31 Å². The SMILES string of the molecule is O=C(NCC1(c2ccccc2)CCCC1)c1cccc(S(=O)(=O)N2CCOCC2)c1. The molecule has 2 aromatic rings. The predicted octanol–water partition coefficient (Wildman–Crippen LogP) is 2.95. The highest BCUT2D eigenvalue weighted by atomic mass is 32.2. The lowest BCUT2D eigenvalue weighted by Crippen LogP contribution is -2.41. The monoisotopic (exact) mass is 428 g/mol. The first-order valence-corrected chi connectivity index (χ1v) is 12.0. The summed E-state index contributed by atoms with van der Waals surface area (Å²) in [7, 11) is -3.63. The van der Waals surface area contributed by atoms with Crippen molar-refractivity contribution < 1.29 is 17.9 Å². The highest BCUT2D eigenvalue weighted by molar-refractivity contribution is 7.89. The molecule has 160 valence electrons. The molecular weight excluding hydrogens is 400 g/mol. The minimum atomic E-state index is -3.63. The molecule has 2 aromatic carbocycles. The second-order valence-corrected chi connectivity index (χ2v) is 10.0. The summed E-state index contributed by atoms with van der Waals surface area (Å²) in [5.74, 6) is -0.240. The van der Waals surface area contributed by atoms with E-state index in [4.69, 9.17) is 4.74 Å². The Balaban J connectivity index is 1.49. The molecule has 0 unspecified atom stereocenters. The lowest BCUT2D eigenvalue weighted by Gasteiger charge is -2.30. The van der Waals surface area contributed by atoms with E-state index in [2.05, 4.69) is 17.4 Å².